The summed E-state index contributed by atoms with van der Waals surface area (Å²) in [5, 5.41) is 16.1. The molecule has 1 aromatic rings. The average Bonchev–Trinajstić information content (AvgIpc) is 2.68. The highest BCUT2D eigenvalue weighted by molar-refractivity contribution is 5.92. The van der Waals surface area contributed by atoms with Crippen LogP contribution in [0.15, 0.2) is 6.07 Å². The van der Waals surface area contributed by atoms with Gasteiger partial charge in [0.1, 0.15) is 5.69 Å². The van der Waals surface area contributed by atoms with Gasteiger partial charge in [-0.1, -0.05) is 20.8 Å². The first-order valence-electron chi connectivity index (χ1n) is 5.95. The van der Waals surface area contributed by atoms with Crippen LogP contribution in [0.5, 0.6) is 0 Å². The summed E-state index contributed by atoms with van der Waals surface area (Å²) in [6.45, 7) is 5.94. The van der Waals surface area contributed by atoms with Gasteiger partial charge in [0.15, 0.2) is 0 Å². The minimum Gasteiger partial charge on any atom is -0.394 e. The molecular weight excluding hydrogens is 218 g/mol. The third kappa shape index (κ3) is 3.30. The molecule has 1 unspecified atom stereocenters. The van der Waals surface area contributed by atoms with Crippen molar-refractivity contribution in [2.45, 2.75) is 39.2 Å². The number of carbonyl (C=O) groups is 1. The normalized spacial score (nSPS) is 12.8. The second-order valence-corrected chi connectivity index (χ2v) is 4.49. The van der Waals surface area contributed by atoms with E-state index in [9.17, 15) is 4.79 Å². The Labute approximate surface area is 102 Å². The van der Waals surface area contributed by atoms with Crippen LogP contribution in [0, 0.1) is 0 Å². The van der Waals surface area contributed by atoms with Crippen LogP contribution >= 0.6 is 0 Å². The molecule has 0 saturated carbocycles. The van der Waals surface area contributed by atoms with Gasteiger partial charge in [0.25, 0.3) is 5.91 Å². The number of aliphatic hydroxyl groups is 1. The molecule has 0 aliphatic rings. The number of aromatic nitrogens is 2. The molecule has 17 heavy (non-hydrogen) atoms. The molecule has 0 spiro atoms. The van der Waals surface area contributed by atoms with Gasteiger partial charge < -0.3 is 10.4 Å². The molecule has 5 nitrogen and oxygen atoms in total. The van der Waals surface area contributed by atoms with E-state index in [1.165, 1.54) is 0 Å². The van der Waals surface area contributed by atoms with Gasteiger partial charge in [-0.3, -0.25) is 9.48 Å². The average molecular weight is 239 g/mol. The smallest absolute Gasteiger partial charge is 0.269 e. The fourth-order valence-corrected chi connectivity index (χ4v) is 1.52. The standard InChI is InChI=1S/C12H21N3O2/c1-5-9(7-16)13-12(17)11-6-10(8(2)3)14-15(11)4/h6,8-9,16H,5,7H2,1-4H3,(H,13,17). The van der Waals surface area contributed by atoms with Gasteiger partial charge >= 0.3 is 0 Å². The molecule has 1 heterocycles. The lowest BCUT2D eigenvalue weighted by molar-refractivity contribution is 0.0905. The van der Waals surface area contributed by atoms with Gasteiger partial charge in [-0.15, -0.1) is 0 Å². The predicted octanol–water partition coefficient (Wildman–Crippen LogP) is 1.04. The Morgan fingerprint density at radius 1 is 1.59 bits per heavy atom. The molecule has 0 fully saturated rings. The van der Waals surface area contributed by atoms with Crippen molar-refractivity contribution in [2.75, 3.05) is 6.61 Å². The van der Waals surface area contributed by atoms with Gasteiger partial charge in [-0.25, -0.2) is 0 Å². The maximum absolute atomic E-state index is 11.9. The van der Waals surface area contributed by atoms with Crippen molar-refractivity contribution in [1.29, 1.82) is 0 Å². The van der Waals surface area contributed by atoms with Crippen molar-refractivity contribution >= 4 is 5.91 Å². The Bertz CT molecular complexity index is 381. The number of carbonyl (C=O) groups excluding carboxylic acids is 1. The van der Waals surface area contributed by atoms with Crippen molar-refractivity contribution in [2.24, 2.45) is 7.05 Å². The third-order valence-electron chi connectivity index (χ3n) is 2.77. The molecule has 96 valence electrons. The molecule has 1 aromatic heterocycles. The molecule has 0 bridgehead atoms. The lowest BCUT2D eigenvalue weighted by Gasteiger charge is -2.13. The quantitative estimate of drug-likeness (QED) is 0.807. The second-order valence-electron chi connectivity index (χ2n) is 4.49. The zero-order valence-electron chi connectivity index (χ0n) is 10.9. The Balaban J connectivity index is 2.81. The zero-order valence-corrected chi connectivity index (χ0v) is 10.9. The van der Waals surface area contributed by atoms with Gasteiger partial charge in [0.2, 0.25) is 0 Å². The topological polar surface area (TPSA) is 67.2 Å². The van der Waals surface area contributed by atoms with Gasteiger partial charge in [0.05, 0.1) is 18.3 Å². The number of nitrogens with one attached hydrogen (secondary N) is 1. The molecule has 2 N–H and O–H groups in total. The maximum Gasteiger partial charge on any atom is 0.269 e. The van der Waals surface area contributed by atoms with Crippen LogP contribution in [0.4, 0.5) is 0 Å². The molecule has 0 aliphatic carbocycles. The summed E-state index contributed by atoms with van der Waals surface area (Å²) >= 11 is 0. The first-order valence-corrected chi connectivity index (χ1v) is 5.95. The minimum atomic E-state index is -0.195. The van der Waals surface area contributed by atoms with E-state index in [2.05, 4.69) is 10.4 Å². The van der Waals surface area contributed by atoms with E-state index < -0.39 is 0 Å². The summed E-state index contributed by atoms with van der Waals surface area (Å²) in [4.78, 5) is 11.9. The van der Waals surface area contributed by atoms with Crippen molar-refractivity contribution in [3.05, 3.63) is 17.5 Å². The summed E-state index contributed by atoms with van der Waals surface area (Å²) in [5.41, 5.74) is 1.43. The van der Waals surface area contributed by atoms with E-state index in [-0.39, 0.29) is 18.6 Å². The number of aliphatic hydroxyl groups excluding tert-OH is 1. The molecule has 5 heteroatoms. The van der Waals surface area contributed by atoms with Crippen LogP contribution in [-0.4, -0.2) is 33.4 Å². The van der Waals surface area contributed by atoms with E-state index in [1.807, 2.05) is 20.8 Å². The van der Waals surface area contributed by atoms with Crippen LogP contribution in [0.3, 0.4) is 0 Å². The van der Waals surface area contributed by atoms with E-state index in [0.29, 0.717) is 18.0 Å². The maximum atomic E-state index is 11.9. The van der Waals surface area contributed by atoms with Gasteiger partial charge in [-0.05, 0) is 18.4 Å². The largest absolute Gasteiger partial charge is 0.394 e. The fraction of sp³-hybridized carbons (Fsp3) is 0.667. The lowest BCUT2D eigenvalue weighted by Crippen LogP contribution is -2.37. The summed E-state index contributed by atoms with van der Waals surface area (Å²) in [6, 6.07) is 1.60. The Kier molecular flexibility index (Phi) is 4.69. The van der Waals surface area contributed by atoms with Gasteiger partial charge in [0, 0.05) is 7.05 Å². The molecule has 1 amide bonds. The highest BCUT2D eigenvalue weighted by atomic mass is 16.3. The van der Waals surface area contributed by atoms with Crippen molar-refractivity contribution < 1.29 is 9.90 Å². The van der Waals surface area contributed by atoms with Crippen molar-refractivity contribution in [1.82, 2.24) is 15.1 Å². The zero-order chi connectivity index (χ0) is 13.0. The summed E-state index contributed by atoms with van der Waals surface area (Å²) in [7, 11) is 1.75. The first kappa shape index (κ1) is 13.7. The lowest BCUT2D eigenvalue weighted by atomic mass is 10.1. The van der Waals surface area contributed by atoms with Crippen LogP contribution in [0.25, 0.3) is 0 Å². The summed E-state index contributed by atoms with van der Waals surface area (Å²) < 4.78 is 1.58. The van der Waals surface area contributed by atoms with E-state index in [4.69, 9.17) is 5.11 Å². The molecule has 1 rings (SSSR count). The molecule has 0 saturated heterocycles. The Morgan fingerprint density at radius 3 is 2.65 bits per heavy atom. The summed E-state index contributed by atoms with van der Waals surface area (Å²) in [5.74, 6) is 0.107. The van der Waals surface area contributed by atoms with Crippen LogP contribution < -0.4 is 5.32 Å². The minimum absolute atomic E-state index is 0.0445. The fourth-order valence-electron chi connectivity index (χ4n) is 1.52. The SMILES string of the molecule is CCC(CO)NC(=O)c1cc(C(C)C)nn1C. The number of amides is 1. The molecular formula is C12H21N3O2. The predicted molar refractivity (Wildman–Crippen MR) is 65.9 cm³/mol. The van der Waals surface area contributed by atoms with Crippen molar-refractivity contribution in [3.8, 4) is 0 Å². The molecule has 0 radical (unpaired) electrons. The van der Waals surface area contributed by atoms with Crippen LogP contribution in [0.2, 0.25) is 0 Å². The number of nitrogens with zero attached hydrogens (tertiary/aromatic N) is 2. The third-order valence-corrected chi connectivity index (χ3v) is 2.77. The number of hydrogen-bond acceptors (Lipinski definition) is 3. The highest BCUT2D eigenvalue weighted by Crippen LogP contribution is 2.13. The monoisotopic (exact) mass is 239 g/mol. The number of aryl methyl sites for hydroxylation is 1. The molecule has 0 aromatic carbocycles. The Morgan fingerprint density at radius 2 is 2.24 bits per heavy atom. The molecule has 1 atom stereocenters. The van der Waals surface area contributed by atoms with E-state index >= 15 is 0 Å². The first-order chi connectivity index (χ1) is 7.99. The van der Waals surface area contributed by atoms with Gasteiger partial charge in [-0.2, -0.15) is 5.10 Å². The van der Waals surface area contributed by atoms with E-state index in [1.54, 1.807) is 17.8 Å². The summed E-state index contributed by atoms with van der Waals surface area (Å²) in [6.07, 6.45) is 0.705. The van der Waals surface area contributed by atoms with Crippen LogP contribution in [0.1, 0.15) is 49.3 Å². The Hall–Kier alpha value is -1.36. The van der Waals surface area contributed by atoms with Crippen LogP contribution in [-0.2, 0) is 7.05 Å². The second kappa shape index (κ2) is 5.82. The number of hydrogen-bond donors (Lipinski definition) is 2. The number of rotatable bonds is 5. The van der Waals surface area contributed by atoms with Crippen molar-refractivity contribution in [3.63, 3.8) is 0 Å². The highest BCUT2D eigenvalue weighted by Gasteiger charge is 2.17. The van der Waals surface area contributed by atoms with E-state index in [0.717, 1.165) is 5.69 Å². The molecule has 0 aliphatic heterocycles.